The number of hydrogen-bond acceptors (Lipinski definition) is 6. The third kappa shape index (κ3) is 3.61. The number of aromatic nitrogens is 2. The summed E-state index contributed by atoms with van der Waals surface area (Å²) in [5.41, 5.74) is 2.59. The van der Waals surface area contributed by atoms with Crippen molar-refractivity contribution in [3.63, 3.8) is 0 Å². The summed E-state index contributed by atoms with van der Waals surface area (Å²) >= 11 is 1.84. The highest BCUT2D eigenvalue weighted by Gasteiger charge is 2.22. The van der Waals surface area contributed by atoms with Crippen LogP contribution in [0.25, 0.3) is 0 Å². The molecule has 0 unspecified atom stereocenters. The molecule has 2 aromatic heterocycles. The maximum absolute atomic E-state index is 5.60. The lowest BCUT2D eigenvalue weighted by molar-refractivity contribution is 0.152. The fourth-order valence-electron chi connectivity index (χ4n) is 3.57. The fraction of sp³-hybridized carbons (Fsp3) is 0.556. The van der Waals surface area contributed by atoms with Crippen LogP contribution in [0.1, 0.15) is 22.6 Å². The number of ether oxygens (including phenoxy) is 1. The lowest BCUT2D eigenvalue weighted by Crippen LogP contribution is -2.29. The Hall–Kier alpha value is -1.50. The Morgan fingerprint density at radius 2 is 2.04 bits per heavy atom. The zero-order valence-corrected chi connectivity index (χ0v) is 14.8. The molecule has 0 bridgehead atoms. The number of rotatable bonds is 3. The number of anilines is 1. The van der Waals surface area contributed by atoms with Crippen LogP contribution in [0.4, 0.5) is 5.82 Å². The van der Waals surface area contributed by atoms with Crippen molar-refractivity contribution in [2.45, 2.75) is 25.8 Å². The normalized spacial score (nSPS) is 19.6. The van der Waals surface area contributed by atoms with E-state index in [1.54, 1.807) is 6.33 Å². The van der Waals surface area contributed by atoms with Gasteiger partial charge < -0.3 is 9.64 Å². The molecule has 4 heterocycles. The third-order valence-corrected chi connectivity index (χ3v) is 5.70. The van der Waals surface area contributed by atoms with Gasteiger partial charge in [-0.05, 0) is 24.3 Å². The molecule has 1 fully saturated rings. The molecular formula is C18H24N4OS. The topological polar surface area (TPSA) is 41.5 Å². The molecule has 0 spiro atoms. The molecule has 6 heteroatoms. The quantitative estimate of drug-likeness (QED) is 0.855. The van der Waals surface area contributed by atoms with E-state index in [2.05, 4.69) is 37.3 Å². The number of fused-ring (bicyclic) bond motifs is 1. The summed E-state index contributed by atoms with van der Waals surface area (Å²) in [7, 11) is 0. The smallest absolute Gasteiger partial charge is 0.135 e. The molecular weight excluding hydrogens is 320 g/mol. The molecule has 0 N–H and O–H groups in total. The van der Waals surface area contributed by atoms with Gasteiger partial charge in [0, 0.05) is 56.2 Å². The largest absolute Gasteiger partial charge is 0.380 e. The van der Waals surface area contributed by atoms with Gasteiger partial charge in [0.15, 0.2) is 0 Å². The Morgan fingerprint density at radius 1 is 1.08 bits per heavy atom. The number of nitrogens with zero attached hydrogens (tertiary/aromatic N) is 4. The molecule has 0 saturated carbocycles. The van der Waals surface area contributed by atoms with Crippen molar-refractivity contribution in [3.05, 3.63) is 40.0 Å². The fourth-order valence-corrected chi connectivity index (χ4v) is 4.31. The molecule has 4 rings (SSSR count). The first-order valence-corrected chi connectivity index (χ1v) is 9.68. The SMILES string of the molecule is c1csc(CN2CCc3ncnc(N4CCCOCC4)c3CC2)c1. The lowest BCUT2D eigenvalue weighted by Gasteiger charge is -2.24. The van der Waals surface area contributed by atoms with E-state index in [4.69, 9.17) is 4.74 Å². The minimum absolute atomic E-state index is 0.795. The maximum Gasteiger partial charge on any atom is 0.135 e. The van der Waals surface area contributed by atoms with Crippen molar-refractivity contribution < 1.29 is 4.74 Å². The van der Waals surface area contributed by atoms with E-state index in [9.17, 15) is 0 Å². The monoisotopic (exact) mass is 344 g/mol. The van der Waals surface area contributed by atoms with Crippen LogP contribution in [0.3, 0.4) is 0 Å². The van der Waals surface area contributed by atoms with Crippen LogP contribution in [-0.4, -0.2) is 54.3 Å². The maximum atomic E-state index is 5.60. The van der Waals surface area contributed by atoms with Crippen LogP contribution in [0.5, 0.6) is 0 Å². The first-order chi connectivity index (χ1) is 11.9. The van der Waals surface area contributed by atoms with E-state index < -0.39 is 0 Å². The van der Waals surface area contributed by atoms with Crippen LogP contribution in [0, 0.1) is 0 Å². The zero-order valence-electron chi connectivity index (χ0n) is 14.0. The van der Waals surface area contributed by atoms with Gasteiger partial charge >= 0.3 is 0 Å². The van der Waals surface area contributed by atoms with E-state index in [0.29, 0.717) is 0 Å². The average Bonchev–Trinajstić information content (AvgIpc) is 2.85. The Morgan fingerprint density at radius 3 is 2.96 bits per heavy atom. The van der Waals surface area contributed by atoms with Crippen LogP contribution in [0.15, 0.2) is 23.8 Å². The van der Waals surface area contributed by atoms with E-state index in [1.807, 2.05) is 11.3 Å². The van der Waals surface area contributed by atoms with Crippen molar-refractivity contribution in [1.82, 2.24) is 14.9 Å². The van der Waals surface area contributed by atoms with Gasteiger partial charge in [-0.3, -0.25) is 4.90 Å². The van der Waals surface area contributed by atoms with Crippen LogP contribution >= 0.6 is 11.3 Å². The van der Waals surface area contributed by atoms with Gasteiger partial charge in [-0.2, -0.15) is 0 Å². The minimum Gasteiger partial charge on any atom is -0.380 e. The van der Waals surface area contributed by atoms with Crippen LogP contribution < -0.4 is 4.90 Å². The molecule has 0 amide bonds. The van der Waals surface area contributed by atoms with Gasteiger partial charge in [-0.1, -0.05) is 6.07 Å². The van der Waals surface area contributed by atoms with Gasteiger partial charge in [0.1, 0.15) is 12.1 Å². The number of hydrogen-bond donors (Lipinski definition) is 0. The molecule has 2 aromatic rings. The Bertz CT molecular complexity index is 653. The average molecular weight is 344 g/mol. The lowest BCUT2D eigenvalue weighted by atomic mass is 10.1. The van der Waals surface area contributed by atoms with Crippen molar-refractivity contribution in [3.8, 4) is 0 Å². The standard InChI is InChI=1S/C18H24N4OS/c1-3-15(24-12-1)13-21-7-4-16-17(5-8-21)19-14-20-18(16)22-6-2-10-23-11-9-22/h1,3,12,14H,2,4-11,13H2. The molecule has 1 saturated heterocycles. The first-order valence-electron chi connectivity index (χ1n) is 8.80. The third-order valence-electron chi connectivity index (χ3n) is 4.84. The molecule has 0 atom stereocenters. The highest BCUT2D eigenvalue weighted by Crippen LogP contribution is 2.25. The van der Waals surface area contributed by atoms with Gasteiger partial charge in [0.2, 0.25) is 0 Å². The van der Waals surface area contributed by atoms with E-state index in [1.165, 1.54) is 16.1 Å². The zero-order chi connectivity index (χ0) is 16.2. The summed E-state index contributed by atoms with van der Waals surface area (Å²) in [6.45, 7) is 6.82. The second-order valence-electron chi connectivity index (χ2n) is 6.43. The van der Waals surface area contributed by atoms with E-state index >= 15 is 0 Å². The minimum atomic E-state index is 0.795. The van der Waals surface area contributed by atoms with Crippen LogP contribution in [-0.2, 0) is 24.1 Å². The molecule has 0 aliphatic carbocycles. The highest BCUT2D eigenvalue weighted by atomic mass is 32.1. The van der Waals surface area contributed by atoms with Gasteiger partial charge in [-0.25, -0.2) is 9.97 Å². The summed E-state index contributed by atoms with van der Waals surface area (Å²) in [5.74, 6) is 1.14. The summed E-state index contributed by atoms with van der Waals surface area (Å²) in [5, 5.41) is 2.16. The Labute approximate surface area is 147 Å². The van der Waals surface area contributed by atoms with Gasteiger partial charge in [0.05, 0.1) is 12.3 Å². The molecule has 5 nitrogen and oxygen atoms in total. The predicted octanol–water partition coefficient (Wildman–Crippen LogP) is 2.37. The summed E-state index contributed by atoms with van der Waals surface area (Å²) in [4.78, 5) is 15.6. The van der Waals surface area contributed by atoms with Crippen molar-refractivity contribution in [1.29, 1.82) is 0 Å². The molecule has 2 aliphatic rings. The van der Waals surface area contributed by atoms with E-state index in [0.717, 1.165) is 71.0 Å². The van der Waals surface area contributed by atoms with E-state index in [-0.39, 0.29) is 0 Å². The van der Waals surface area contributed by atoms with Crippen molar-refractivity contribution in [2.24, 2.45) is 0 Å². The predicted molar refractivity (Wildman–Crippen MR) is 96.7 cm³/mol. The summed E-state index contributed by atoms with van der Waals surface area (Å²) in [6.07, 6.45) is 4.87. The molecule has 0 aromatic carbocycles. The molecule has 24 heavy (non-hydrogen) atoms. The Balaban J connectivity index is 1.51. The second kappa shape index (κ2) is 7.59. The van der Waals surface area contributed by atoms with Gasteiger partial charge in [0.25, 0.3) is 0 Å². The molecule has 2 aliphatic heterocycles. The molecule has 0 radical (unpaired) electrons. The second-order valence-corrected chi connectivity index (χ2v) is 7.46. The van der Waals surface area contributed by atoms with Crippen molar-refractivity contribution >= 4 is 17.2 Å². The van der Waals surface area contributed by atoms with Crippen LogP contribution in [0.2, 0.25) is 0 Å². The Kier molecular flexibility index (Phi) is 5.06. The summed E-state index contributed by atoms with van der Waals surface area (Å²) in [6, 6.07) is 4.36. The van der Waals surface area contributed by atoms with Crippen molar-refractivity contribution in [2.75, 3.05) is 44.3 Å². The molecule has 128 valence electrons. The summed E-state index contributed by atoms with van der Waals surface area (Å²) < 4.78 is 5.60. The highest BCUT2D eigenvalue weighted by molar-refractivity contribution is 7.09. The van der Waals surface area contributed by atoms with Gasteiger partial charge in [-0.15, -0.1) is 11.3 Å². The number of thiophene rings is 1. The first kappa shape index (κ1) is 16.0.